The molecule has 3 heteroatoms. The van der Waals surface area contributed by atoms with Gasteiger partial charge in [-0.15, -0.1) is 0 Å². The molecule has 3 nitrogen and oxygen atoms in total. The number of benzene rings is 1. The fourth-order valence-corrected chi connectivity index (χ4v) is 3.53. The van der Waals surface area contributed by atoms with Crippen LogP contribution in [-0.2, 0) is 11.2 Å². The second-order valence-corrected chi connectivity index (χ2v) is 6.59. The molecule has 0 amide bonds. The molecule has 130 valence electrons. The maximum Gasteiger partial charge on any atom is 0.123 e. The van der Waals surface area contributed by atoms with Crippen molar-refractivity contribution in [3.8, 4) is 5.75 Å². The summed E-state index contributed by atoms with van der Waals surface area (Å²) in [5.74, 6) is 1.06. The molecule has 0 radical (unpaired) electrons. The van der Waals surface area contributed by atoms with Crippen LogP contribution in [0.3, 0.4) is 0 Å². The molecule has 1 aromatic carbocycles. The van der Waals surface area contributed by atoms with Crippen LogP contribution in [0.2, 0.25) is 0 Å². The van der Waals surface area contributed by atoms with Crippen LogP contribution in [0.1, 0.15) is 65.2 Å². The van der Waals surface area contributed by atoms with Gasteiger partial charge in [0.1, 0.15) is 18.5 Å². The van der Waals surface area contributed by atoms with Crippen LogP contribution >= 0.6 is 0 Å². The van der Waals surface area contributed by atoms with Crippen molar-refractivity contribution in [3.05, 3.63) is 29.3 Å². The number of rotatable bonds is 5. The average molecular weight is 319 g/mol. The van der Waals surface area contributed by atoms with Gasteiger partial charge >= 0.3 is 0 Å². The molecule has 2 aliphatic rings. The lowest BCUT2D eigenvalue weighted by Gasteiger charge is -2.38. The van der Waals surface area contributed by atoms with Gasteiger partial charge < -0.3 is 9.47 Å². The summed E-state index contributed by atoms with van der Waals surface area (Å²) in [6, 6.07) is 7.44. The van der Waals surface area contributed by atoms with Crippen LogP contribution < -0.4 is 4.74 Å². The highest BCUT2D eigenvalue weighted by molar-refractivity contribution is 5.45. The van der Waals surface area contributed by atoms with Crippen molar-refractivity contribution in [2.24, 2.45) is 0 Å². The Balaban J connectivity index is 0.000000924. The van der Waals surface area contributed by atoms with E-state index in [0.717, 1.165) is 25.3 Å². The molecule has 0 aromatic heterocycles. The zero-order chi connectivity index (χ0) is 17.0. The van der Waals surface area contributed by atoms with E-state index in [1.165, 1.54) is 17.5 Å². The van der Waals surface area contributed by atoms with E-state index in [2.05, 4.69) is 50.8 Å². The molecule has 1 aromatic rings. The van der Waals surface area contributed by atoms with Crippen LogP contribution in [0.25, 0.3) is 0 Å². The standard InChI is InChI=1S/C18H27NO2.C2H6/c1-5-9-19(12(2)3)14-10-16-15(18-13(4)21-18)7-6-8-17(16)20-11-14;1-2/h6-8,12-14,18H,5,9-11H2,1-4H3;1-2H3. The second kappa shape index (κ2) is 8.16. The third-order valence-electron chi connectivity index (χ3n) is 4.67. The topological polar surface area (TPSA) is 25.0 Å². The summed E-state index contributed by atoms with van der Waals surface area (Å²) in [6.07, 6.45) is 2.90. The SMILES string of the molecule is CC.CCCN(C(C)C)C1COc2cccc(C3OC3C)c2C1. The van der Waals surface area contributed by atoms with E-state index in [4.69, 9.17) is 9.47 Å². The molecule has 0 spiro atoms. The summed E-state index contributed by atoms with van der Waals surface area (Å²) in [7, 11) is 0. The average Bonchev–Trinajstić information content (AvgIpc) is 3.29. The predicted octanol–water partition coefficient (Wildman–Crippen LogP) is 4.60. The van der Waals surface area contributed by atoms with Crippen LogP contribution in [0.5, 0.6) is 5.75 Å². The number of epoxide rings is 1. The molecule has 0 saturated carbocycles. The van der Waals surface area contributed by atoms with E-state index in [0.29, 0.717) is 18.2 Å². The van der Waals surface area contributed by atoms with Gasteiger partial charge in [0.25, 0.3) is 0 Å². The van der Waals surface area contributed by atoms with Crippen molar-refractivity contribution in [3.63, 3.8) is 0 Å². The summed E-state index contributed by atoms with van der Waals surface area (Å²) in [5, 5.41) is 0. The van der Waals surface area contributed by atoms with Crippen molar-refractivity contribution in [2.45, 2.75) is 78.7 Å². The van der Waals surface area contributed by atoms with Crippen LogP contribution in [-0.4, -0.2) is 36.2 Å². The Bertz CT molecular complexity index is 500. The number of ether oxygens (including phenoxy) is 2. The lowest BCUT2D eigenvalue weighted by Crippen LogP contribution is -2.47. The molecule has 3 rings (SSSR count). The van der Waals surface area contributed by atoms with Gasteiger partial charge in [0, 0.05) is 17.6 Å². The Morgan fingerprint density at radius 2 is 1.96 bits per heavy atom. The molecule has 2 heterocycles. The fraction of sp³-hybridized carbons (Fsp3) is 0.700. The first kappa shape index (κ1) is 18.3. The molecular weight excluding hydrogens is 286 g/mol. The second-order valence-electron chi connectivity index (χ2n) is 6.59. The van der Waals surface area contributed by atoms with E-state index >= 15 is 0 Å². The molecule has 23 heavy (non-hydrogen) atoms. The number of fused-ring (bicyclic) bond motifs is 1. The quantitative estimate of drug-likeness (QED) is 0.742. The van der Waals surface area contributed by atoms with Gasteiger partial charge in [-0.2, -0.15) is 0 Å². The Morgan fingerprint density at radius 1 is 1.26 bits per heavy atom. The Hall–Kier alpha value is -1.06. The Morgan fingerprint density at radius 3 is 2.52 bits per heavy atom. The third kappa shape index (κ3) is 4.07. The van der Waals surface area contributed by atoms with Crippen molar-refractivity contribution in [1.29, 1.82) is 0 Å². The summed E-state index contributed by atoms with van der Waals surface area (Å²) in [6.45, 7) is 14.9. The molecule has 3 unspecified atom stereocenters. The summed E-state index contributed by atoms with van der Waals surface area (Å²) in [4.78, 5) is 2.58. The van der Waals surface area contributed by atoms with Crippen LogP contribution in [0, 0.1) is 0 Å². The fourth-order valence-electron chi connectivity index (χ4n) is 3.53. The van der Waals surface area contributed by atoms with E-state index in [-0.39, 0.29) is 6.10 Å². The number of nitrogens with zero attached hydrogens (tertiary/aromatic N) is 1. The minimum atomic E-state index is 0.279. The van der Waals surface area contributed by atoms with Crippen molar-refractivity contribution >= 4 is 0 Å². The minimum Gasteiger partial charge on any atom is -0.492 e. The summed E-state index contributed by atoms with van der Waals surface area (Å²) in [5.41, 5.74) is 2.70. The molecule has 3 atom stereocenters. The van der Waals surface area contributed by atoms with Crippen LogP contribution in [0.15, 0.2) is 18.2 Å². The lowest BCUT2D eigenvalue weighted by molar-refractivity contribution is 0.0920. The first-order chi connectivity index (χ1) is 11.1. The van der Waals surface area contributed by atoms with Crippen LogP contribution in [0.4, 0.5) is 0 Å². The molecular formula is C20H33NO2. The maximum absolute atomic E-state index is 6.07. The van der Waals surface area contributed by atoms with Crippen molar-refractivity contribution in [2.75, 3.05) is 13.2 Å². The first-order valence-electron chi connectivity index (χ1n) is 9.27. The molecule has 0 N–H and O–H groups in total. The first-order valence-corrected chi connectivity index (χ1v) is 9.27. The Kier molecular flexibility index (Phi) is 6.49. The van der Waals surface area contributed by atoms with Gasteiger partial charge in [-0.3, -0.25) is 4.90 Å². The van der Waals surface area contributed by atoms with Gasteiger partial charge in [0.05, 0.1) is 6.10 Å². The summed E-state index contributed by atoms with van der Waals surface area (Å²) < 4.78 is 11.8. The highest BCUT2D eigenvalue weighted by Gasteiger charge is 2.39. The van der Waals surface area contributed by atoms with E-state index in [1.807, 2.05) is 13.8 Å². The molecule has 2 aliphatic heterocycles. The van der Waals surface area contributed by atoms with Gasteiger partial charge in [0.2, 0.25) is 0 Å². The highest BCUT2D eigenvalue weighted by atomic mass is 16.6. The van der Waals surface area contributed by atoms with Gasteiger partial charge in [0.15, 0.2) is 0 Å². The van der Waals surface area contributed by atoms with Crippen molar-refractivity contribution < 1.29 is 9.47 Å². The number of hydrogen-bond acceptors (Lipinski definition) is 3. The molecule has 1 fully saturated rings. The van der Waals surface area contributed by atoms with Gasteiger partial charge in [-0.25, -0.2) is 0 Å². The highest BCUT2D eigenvalue weighted by Crippen LogP contribution is 2.43. The zero-order valence-corrected chi connectivity index (χ0v) is 15.6. The van der Waals surface area contributed by atoms with E-state index in [1.54, 1.807) is 0 Å². The number of hydrogen-bond donors (Lipinski definition) is 0. The normalized spacial score (nSPS) is 25.5. The molecule has 0 aliphatic carbocycles. The summed E-state index contributed by atoms with van der Waals surface area (Å²) >= 11 is 0. The zero-order valence-electron chi connectivity index (χ0n) is 15.6. The van der Waals surface area contributed by atoms with E-state index in [9.17, 15) is 0 Å². The monoisotopic (exact) mass is 319 g/mol. The molecule has 1 saturated heterocycles. The largest absolute Gasteiger partial charge is 0.492 e. The predicted molar refractivity (Wildman–Crippen MR) is 96.2 cm³/mol. The Labute approximate surface area is 142 Å². The lowest BCUT2D eigenvalue weighted by atomic mass is 9.93. The third-order valence-corrected chi connectivity index (χ3v) is 4.67. The van der Waals surface area contributed by atoms with Gasteiger partial charge in [-0.1, -0.05) is 32.9 Å². The van der Waals surface area contributed by atoms with Crippen molar-refractivity contribution in [1.82, 2.24) is 4.90 Å². The smallest absolute Gasteiger partial charge is 0.123 e. The van der Waals surface area contributed by atoms with Gasteiger partial charge in [-0.05, 0) is 51.8 Å². The maximum atomic E-state index is 6.07. The molecule has 0 bridgehead atoms. The minimum absolute atomic E-state index is 0.279. The van der Waals surface area contributed by atoms with E-state index < -0.39 is 0 Å².